The number of nitrogens with one attached hydrogen (secondary N) is 2. The maximum atomic E-state index is 5.65. The number of hydrogen-bond donors (Lipinski definition) is 2. The molecule has 0 saturated heterocycles. The van der Waals surface area contributed by atoms with Crippen molar-refractivity contribution in [2.24, 2.45) is 0 Å². The Morgan fingerprint density at radius 3 is 1.85 bits per heavy atom. The molecular weight excluding hydrogens is 348 g/mol. The predicted molar refractivity (Wildman–Crippen MR) is 118 cm³/mol. The first-order valence-corrected chi connectivity index (χ1v) is 9.37. The summed E-state index contributed by atoms with van der Waals surface area (Å²) in [6.07, 6.45) is 0. The number of anilines is 1. The first kappa shape index (κ1) is 17.3. The Morgan fingerprint density at radius 2 is 1.19 bits per heavy atom. The van der Waals surface area contributed by atoms with Gasteiger partial charge in [0.1, 0.15) is 0 Å². The first-order chi connectivity index (χ1) is 13.3. The molecule has 0 heterocycles. The maximum absolute atomic E-state index is 5.65. The maximum Gasteiger partial charge on any atom is 0.171 e. The molecule has 0 spiro atoms. The number of thiocarbonyl (C=S) groups is 1. The lowest BCUT2D eigenvalue weighted by Gasteiger charge is -2.22. The van der Waals surface area contributed by atoms with Gasteiger partial charge in [-0.1, -0.05) is 97.1 Å². The van der Waals surface area contributed by atoms with E-state index in [-0.39, 0.29) is 6.04 Å². The summed E-state index contributed by atoms with van der Waals surface area (Å²) in [6, 6.07) is 35.2. The van der Waals surface area contributed by atoms with Crippen molar-refractivity contribution in [1.29, 1.82) is 0 Å². The largest absolute Gasteiger partial charge is 0.352 e. The van der Waals surface area contributed by atoms with Crippen LogP contribution in [-0.4, -0.2) is 5.11 Å². The number of fused-ring (bicyclic) bond motifs is 1. The van der Waals surface area contributed by atoms with Gasteiger partial charge in [0.05, 0.1) is 6.04 Å². The van der Waals surface area contributed by atoms with Gasteiger partial charge < -0.3 is 10.6 Å². The van der Waals surface area contributed by atoms with Gasteiger partial charge in [-0.25, -0.2) is 0 Å². The fraction of sp³-hybridized carbons (Fsp3) is 0.0417. The Kier molecular flexibility index (Phi) is 5.13. The van der Waals surface area contributed by atoms with Crippen molar-refractivity contribution in [3.05, 3.63) is 114 Å². The summed E-state index contributed by atoms with van der Waals surface area (Å²) >= 11 is 5.65. The van der Waals surface area contributed by atoms with Crippen LogP contribution in [0, 0.1) is 0 Å². The lowest BCUT2D eigenvalue weighted by atomic mass is 9.99. The lowest BCUT2D eigenvalue weighted by Crippen LogP contribution is -2.33. The van der Waals surface area contributed by atoms with Gasteiger partial charge in [0.2, 0.25) is 0 Å². The number of hydrogen-bond acceptors (Lipinski definition) is 1. The highest BCUT2D eigenvalue weighted by Crippen LogP contribution is 2.25. The van der Waals surface area contributed by atoms with E-state index in [0.717, 1.165) is 11.1 Å². The van der Waals surface area contributed by atoms with Crippen LogP contribution in [0.3, 0.4) is 0 Å². The van der Waals surface area contributed by atoms with Gasteiger partial charge in [-0.3, -0.25) is 0 Å². The van der Waals surface area contributed by atoms with E-state index in [2.05, 4.69) is 59.2 Å². The average Bonchev–Trinajstić information content (AvgIpc) is 2.73. The molecular formula is C24H20N2S. The third kappa shape index (κ3) is 3.99. The van der Waals surface area contributed by atoms with Gasteiger partial charge in [-0.2, -0.15) is 0 Å². The number of rotatable bonds is 4. The molecule has 0 saturated carbocycles. The van der Waals surface area contributed by atoms with Crippen LogP contribution in [0.5, 0.6) is 0 Å². The molecule has 0 amide bonds. The predicted octanol–water partition coefficient (Wildman–Crippen LogP) is 5.92. The molecule has 4 aromatic carbocycles. The van der Waals surface area contributed by atoms with E-state index in [1.54, 1.807) is 0 Å². The van der Waals surface area contributed by atoms with Gasteiger partial charge in [0.25, 0.3) is 0 Å². The summed E-state index contributed by atoms with van der Waals surface area (Å²) in [7, 11) is 0. The van der Waals surface area contributed by atoms with E-state index in [9.17, 15) is 0 Å². The second kappa shape index (κ2) is 8.02. The SMILES string of the molecule is S=C(Nc1cccc2ccccc12)NC(c1ccccc1)c1ccccc1. The second-order valence-corrected chi connectivity index (χ2v) is 6.79. The summed E-state index contributed by atoms with van der Waals surface area (Å²) in [4.78, 5) is 0. The zero-order valence-electron chi connectivity index (χ0n) is 14.8. The van der Waals surface area contributed by atoms with Crippen LogP contribution < -0.4 is 10.6 Å². The van der Waals surface area contributed by atoms with Crippen LogP contribution in [0.1, 0.15) is 17.2 Å². The molecule has 2 nitrogen and oxygen atoms in total. The minimum Gasteiger partial charge on any atom is -0.352 e. The minimum absolute atomic E-state index is 0.0117. The summed E-state index contributed by atoms with van der Waals surface area (Å²) in [5.41, 5.74) is 3.35. The van der Waals surface area contributed by atoms with Crippen molar-refractivity contribution < 1.29 is 0 Å². The van der Waals surface area contributed by atoms with Crippen molar-refractivity contribution in [3.63, 3.8) is 0 Å². The van der Waals surface area contributed by atoms with E-state index in [1.165, 1.54) is 16.5 Å². The van der Waals surface area contributed by atoms with Crippen molar-refractivity contribution in [2.75, 3.05) is 5.32 Å². The second-order valence-electron chi connectivity index (χ2n) is 6.38. The van der Waals surface area contributed by atoms with Gasteiger partial charge >= 0.3 is 0 Å². The third-order valence-corrected chi connectivity index (χ3v) is 4.80. The molecule has 0 fully saturated rings. The molecule has 3 heteroatoms. The Bertz CT molecular complexity index is 1000. The monoisotopic (exact) mass is 368 g/mol. The molecule has 0 atom stereocenters. The Balaban J connectivity index is 1.60. The fourth-order valence-electron chi connectivity index (χ4n) is 3.27. The molecule has 27 heavy (non-hydrogen) atoms. The van der Waals surface area contributed by atoms with Crippen LogP contribution in [-0.2, 0) is 0 Å². The Morgan fingerprint density at radius 1 is 0.630 bits per heavy atom. The highest BCUT2D eigenvalue weighted by atomic mass is 32.1. The van der Waals surface area contributed by atoms with Crippen LogP contribution in [0.4, 0.5) is 5.69 Å². The fourth-order valence-corrected chi connectivity index (χ4v) is 3.50. The van der Waals surface area contributed by atoms with Crippen molar-refractivity contribution >= 4 is 33.8 Å². The molecule has 0 radical (unpaired) electrons. The molecule has 2 N–H and O–H groups in total. The molecule has 132 valence electrons. The summed E-state index contributed by atoms with van der Waals surface area (Å²) in [5, 5.41) is 9.80. The Labute approximate surface area is 164 Å². The van der Waals surface area contributed by atoms with E-state index < -0.39 is 0 Å². The van der Waals surface area contributed by atoms with E-state index in [4.69, 9.17) is 12.2 Å². The van der Waals surface area contributed by atoms with Crippen LogP contribution in [0.2, 0.25) is 0 Å². The number of benzene rings is 4. The highest BCUT2D eigenvalue weighted by Gasteiger charge is 2.15. The van der Waals surface area contributed by atoms with E-state index >= 15 is 0 Å². The summed E-state index contributed by atoms with van der Waals surface area (Å²) in [5.74, 6) is 0. The normalized spacial score (nSPS) is 10.7. The molecule has 0 aliphatic heterocycles. The molecule has 0 aliphatic rings. The van der Waals surface area contributed by atoms with Gasteiger partial charge in [-0.15, -0.1) is 0 Å². The molecule has 0 aliphatic carbocycles. The molecule has 4 aromatic rings. The summed E-state index contributed by atoms with van der Waals surface area (Å²) < 4.78 is 0. The van der Waals surface area contributed by atoms with Crippen molar-refractivity contribution in [2.45, 2.75) is 6.04 Å². The van der Waals surface area contributed by atoms with Crippen molar-refractivity contribution in [3.8, 4) is 0 Å². The van der Waals surface area contributed by atoms with E-state index in [0.29, 0.717) is 5.11 Å². The quantitative estimate of drug-likeness (QED) is 0.438. The van der Waals surface area contributed by atoms with Crippen LogP contribution in [0.25, 0.3) is 10.8 Å². The zero-order chi connectivity index (χ0) is 18.5. The van der Waals surface area contributed by atoms with Gasteiger partial charge in [0.15, 0.2) is 5.11 Å². The van der Waals surface area contributed by atoms with E-state index in [1.807, 2.05) is 54.6 Å². The third-order valence-electron chi connectivity index (χ3n) is 4.58. The van der Waals surface area contributed by atoms with Crippen LogP contribution in [0.15, 0.2) is 103 Å². The standard InChI is InChI=1S/C24H20N2S/c27-24(25-22-17-9-15-18-10-7-8-16-21(18)22)26-23(19-11-3-1-4-12-19)20-13-5-2-6-14-20/h1-17,23H,(H2,25,26,27). The Hall–Kier alpha value is -3.17. The van der Waals surface area contributed by atoms with Gasteiger partial charge in [0, 0.05) is 11.1 Å². The van der Waals surface area contributed by atoms with Crippen molar-refractivity contribution in [1.82, 2.24) is 5.32 Å². The summed E-state index contributed by atoms with van der Waals surface area (Å²) in [6.45, 7) is 0. The first-order valence-electron chi connectivity index (χ1n) is 8.96. The van der Waals surface area contributed by atoms with Gasteiger partial charge in [-0.05, 0) is 34.8 Å². The molecule has 0 aromatic heterocycles. The molecule has 4 rings (SSSR count). The van der Waals surface area contributed by atoms with Crippen LogP contribution >= 0.6 is 12.2 Å². The zero-order valence-corrected chi connectivity index (χ0v) is 15.6. The molecule has 0 bridgehead atoms. The smallest absolute Gasteiger partial charge is 0.171 e. The highest BCUT2D eigenvalue weighted by molar-refractivity contribution is 7.80. The topological polar surface area (TPSA) is 24.1 Å². The average molecular weight is 369 g/mol. The lowest BCUT2D eigenvalue weighted by molar-refractivity contribution is 0.769. The minimum atomic E-state index is -0.0117. The molecule has 0 unspecified atom stereocenters.